The molecule has 108 valence electrons. The van der Waals surface area contributed by atoms with Gasteiger partial charge in [0.15, 0.2) is 0 Å². The molecule has 1 aromatic carbocycles. The Morgan fingerprint density at radius 3 is 2.90 bits per heavy atom. The number of amides is 1. The number of phenols is 1. The zero-order valence-electron chi connectivity index (χ0n) is 10.7. The molecule has 0 aromatic heterocycles. The van der Waals surface area contributed by atoms with Crippen LogP contribution in [0.4, 0.5) is 0 Å². The molecule has 5 N–H and O–H groups in total. The lowest BCUT2D eigenvalue weighted by Crippen LogP contribution is -2.42. The van der Waals surface area contributed by atoms with Crippen molar-refractivity contribution in [2.75, 3.05) is 0 Å². The van der Waals surface area contributed by atoms with Crippen LogP contribution < -0.4 is 11.1 Å². The third-order valence-electron chi connectivity index (χ3n) is 3.53. The number of carbonyl (C=O) groups excluding carboxylic acids is 1. The molecule has 6 nitrogen and oxygen atoms in total. The second kappa shape index (κ2) is 6.00. The number of benzene rings is 1. The average molecular weight is 298 g/mol. The minimum Gasteiger partial charge on any atom is -0.507 e. The molecule has 1 fully saturated rings. The topological polar surface area (TPSA) is 108 Å². The molecule has 2 rings (SSSR count). The number of aromatic hydroxyl groups is 1. The number of carbonyl (C=O) groups is 1. The number of halogens is 1. The van der Waals surface area contributed by atoms with Gasteiger partial charge in [0.05, 0.1) is 5.56 Å². The van der Waals surface area contributed by atoms with Gasteiger partial charge in [-0.05, 0) is 31.0 Å². The molecule has 2 unspecified atom stereocenters. The van der Waals surface area contributed by atoms with Crippen molar-refractivity contribution in [3.63, 3.8) is 0 Å². The summed E-state index contributed by atoms with van der Waals surface area (Å²) in [5, 5.41) is 24.6. The summed E-state index contributed by atoms with van der Waals surface area (Å²) < 4.78 is 0. The Morgan fingerprint density at radius 1 is 1.45 bits per heavy atom. The van der Waals surface area contributed by atoms with Gasteiger partial charge in [0.25, 0.3) is 5.91 Å². The van der Waals surface area contributed by atoms with Crippen LogP contribution in [0.3, 0.4) is 0 Å². The average Bonchev–Trinajstić information content (AvgIpc) is 2.88. The van der Waals surface area contributed by atoms with Crippen molar-refractivity contribution in [2.24, 2.45) is 16.8 Å². The lowest BCUT2D eigenvalue weighted by Gasteiger charge is -2.20. The summed E-state index contributed by atoms with van der Waals surface area (Å²) in [6.07, 6.45) is 2.38. The van der Waals surface area contributed by atoms with Gasteiger partial charge in [-0.1, -0.05) is 23.2 Å². The van der Waals surface area contributed by atoms with Crippen LogP contribution in [-0.2, 0) is 0 Å². The van der Waals surface area contributed by atoms with E-state index in [1.165, 1.54) is 18.2 Å². The molecule has 0 bridgehead atoms. The maximum atomic E-state index is 12.2. The smallest absolute Gasteiger partial charge is 0.255 e. The SMILES string of the molecule is NC(=NO)C1CCCC1NC(=O)c1cc(Cl)ccc1O. The van der Waals surface area contributed by atoms with Crippen molar-refractivity contribution in [1.29, 1.82) is 0 Å². The molecule has 0 saturated heterocycles. The number of hydrogen-bond donors (Lipinski definition) is 4. The second-order valence-electron chi connectivity index (χ2n) is 4.80. The number of hydrogen-bond acceptors (Lipinski definition) is 4. The molecule has 20 heavy (non-hydrogen) atoms. The molecule has 0 heterocycles. The lowest BCUT2D eigenvalue weighted by atomic mass is 10.0. The first-order valence-electron chi connectivity index (χ1n) is 6.29. The van der Waals surface area contributed by atoms with Crippen molar-refractivity contribution < 1.29 is 15.1 Å². The highest BCUT2D eigenvalue weighted by Gasteiger charge is 2.32. The molecule has 7 heteroatoms. The first kappa shape index (κ1) is 14.5. The summed E-state index contributed by atoms with van der Waals surface area (Å²) in [6.45, 7) is 0. The van der Waals surface area contributed by atoms with Gasteiger partial charge in [-0.2, -0.15) is 0 Å². The van der Waals surface area contributed by atoms with Crippen LogP contribution in [0.5, 0.6) is 5.75 Å². The van der Waals surface area contributed by atoms with Gasteiger partial charge < -0.3 is 21.4 Å². The van der Waals surface area contributed by atoms with Crippen LogP contribution in [0.1, 0.15) is 29.6 Å². The van der Waals surface area contributed by atoms with E-state index in [0.717, 1.165) is 19.3 Å². The summed E-state index contributed by atoms with van der Waals surface area (Å²) in [5.41, 5.74) is 5.73. The number of nitrogens with zero attached hydrogens (tertiary/aromatic N) is 1. The van der Waals surface area contributed by atoms with Crippen LogP contribution in [0.25, 0.3) is 0 Å². The summed E-state index contributed by atoms with van der Waals surface area (Å²) in [7, 11) is 0. The van der Waals surface area contributed by atoms with E-state index in [1.54, 1.807) is 0 Å². The van der Waals surface area contributed by atoms with Crippen molar-refractivity contribution in [2.45, 2.75) is 25.3 Å². The Balaban J connectivity index is 2.13. The number of phenolic OH excluding ortho intramolecular Hbond substituents is 1. The fraction of sp³-hybridized carbons (Fsp3) is 0.385. The normalized spacial score (nSPS) is 22.8. The van der Waals surface area contributed by atoms with E-state index in [0.29, 0.717) is 5.02 Å². The molecule has 2 atom stereocenters. The second-order valence-corrected chi connectivity index (χ2v) is 5.24. The summed E-state index contributed by atoms with van der Waals surface area (Å²) in [5.74, 6) is -0.633. The van der Waals surface area contributed by atoms with Gasteiger partial charge in [-0.25, -0.2) is 0 Å². The van der Waals surface area contributed by atoms with Crippen LogP contribution in [-0.4, -0.2) is 28.1 Å². The molecule has 1 saturated carbocycles. The van der Waals surface area contributed by atoms with Gasteiger partial charge in [0.2, 0.25) is 0 Å². The molecule has 1 aliphatic carbocycles. The molecule has 1 amide bonds. The third kappa shape index (κ3) is 2.96. The molecular weight excluding hydrogens is 282 g/mol. The van der Waals surface area contributed by atoms with Gasteiger partial charge in [-0.15, -0.1) is 0 Å². The fourth-order valence-corrected chi connectivity index (χ4v) is 2.67. The van der Waals surface area contributed by atoms with Crippen molar-refractivity contribution in [3.8, 4) is 5.75 Å². The molecule has 1 aromatic rings. The quantitative estimate of drug-likeness (QED) is 0.295. The third-order valence-corrected chi connectivity index (χ3v) is 3.77. The Morgan fingerprint density at radius 2 is 2.20 bits per heavy atom. The highest BCUT2D eigenvalue weighted by Crippen LogP contribution is 2.27. The molecule has 0 radical (unpaired) electrons. The van der Waals surface area contributed by atoms with E-state index >= 15 is 0 Å². The van der Waals surface area contributed by atoms with Gasteiger partial charge >= 0.3 is 0 Å². The first-order valence-corrected chi connectivity index (χ1v) is 6.67. The Bertz CT molecular complexity index is 548. The molecule has 1 aliphatic rings. The lowest BCUT2D eigenvalue weighted by molar-refractivity contribution is 0.0930. The van der Waals surface area contributed by atoms with E-state index in [1.807, 2.05) is 0 Å². The zero-order valence-corrected chi connectivity index (χ0v) is 11.5. The van der Waals surface area contributed by atoms with E-state index in [4.69, 9.17) is 22.5 Å². The number of nitrogens with one attached hydrogen (secondary N) is 1. The Labute approximate surface area is 121 Å². The van der Waals surface area contributed by atoms with Crippen LogP contribution in [0.15, 0.2) is 23.4 Å². The predicted molar refractivity (Wildman–Crippen MR) is 75.1 cm³/mol. The van der Waals surface area contributed by atoms with Crippen LogP contribution in [0.2, 0.25) is 5.02 Å². The fourth-order valence-electron chi connectivity index (χ4n) is 2.50. The number of nitrogens with two attached hydrogens (primary N) is 1. The Kier molecular flexibility index (Phi) is 4.34. The van der Waals surface area contributed by atoms with E-state index in [9.17, 15) is 9.90 Å². The van der Waals surface area contributed by atoms with Gasteiger partial charge in [0.1, 0.15) is 11.6 Å². The maximum absolute atomic E-state index is 12.2. The number of rotatable bonds is 3. The van der Waals surface area contributed by atoms with Crippen molar-refractivity contribution in [3.05, 3.63) is 28.8 Å². The van der Waals surface area contributed by atoms with E-state index < -0.39 is 5.91 Å². The predicted octanol–water partition coefficient (Wildman–Crippen LogP) is 1.69. The van der Waals surface area contributed by atoms with Crippen molar-refractivity contribution in [1.82, 2.24) is 5.32 Å². The molecule has 0 aliphatic heterocycles. The van der Waals surface area contributed by atoms with Crippen molar-refractivity contribution >= 4 is 23.3 Å². The Hall–Kier alpha value is -1.95. The first-order chi connectivity index (χ1) is 9.52. The highest BCUT2D eigenvalue weighted by molar-refractivity contribution is 6.31. The monoisotopic (exact) mass is 297 g/mol. The summed E-state index contributed by atoms with van der Waals surface area (Å²) >= 11 is 5.82. The number of oxime groups is 1. The minimum atomic E-state index is -0.423. The highest BCUT2D eigenvalue weighted by atomic mass is 35.5. The van der Waals surface area contributed by atoms with Crippen LogP contribution >= 0.6 is 11.6 Å². The van der Waals surface area contributed by atoms with E-state index in [-0.39, 0.29) is 29.1 Å². The standard InChI is InChI=1S/C13H16ClN3O3/c14-7-4-5-11(18)9(6-7)13(19)16-10-3-1-2-8(10)12(15)17-20/h4-6,8,10,18,20H,1-3H2,(H2,15,17)(H,16,19). The van der Waals surface area contributed by atoms with Crippen LogP contribution in [0, 0.1) is 5.92 Å². The summed E-state index contributed by atoms with van der Waals surface area (Å²) in [6, 6.07) is 4.06. The molecular formula is C13H16ClN3O3. The minimum absolute atomic E-state index is 0.114. The van der Waals surface area contributed by atoms with Gasteiger partial charge in [-0.3, -0.25) is 4.79 Å². The number of amidine groups is 1. The maximum Gasteiger partial charge on any atom is 0.255 e. The largest absolute Gasteiger partial charge is 0.507 e. The van der Waals surface area contributed by atoms with E-state index in [2.05, 4.69) is 10.5 Å². The summed E-state index contributed by atoms with van der Waals surface area (Å²) in [4.78, 5) is 12.2. The van der Waals surface area contributed by atoms with Gasteiger partial charge in [0, 0.05) is 17.0 Å². The zero-order chi connectivity index (χ0) is 14.7. The molecule has 0 spiro atoms.